The van der Waals surface area contributed by atoms with E-state index in [2.05, 4.69) is 44.5 Å². The van der Waals surface area contributed by atoms with Gasteiger partial charge in [0, 0.05) is 13.3 Å². The lowest BCUT2D eigenvalue weighted by Crippen LogP contribution is -2.07. The van der Waals surface area contributed by atoms with Crippen LogP contribution in [0.2, 0.25) is 0 Å². The highest BCUT2D eigenvalue weighted by atomic mass is 127. The summed E-state index contributed by atoms with van der Waals surface area (Å²) in [6, 6.07) is 3.93. The number of aryl methyl sites for hydroxylation is 1. The molecule has 0 saturated carbocycles. The van der Waals surface area contributed by atoms with Crippen LogP contribution in [0.25, 0.3) is 11.5 Å². The molecular weight excluding hydrogens is 355 g/mol. The number of pyridine rings is 1. The van der Waals surface area contributed by atoms with E-state index >= 15 is 0 Å². The monoisotopic (exact) mass is 370 g/mol. The van der Waals surface area contributed by atoms with Crippen molar-refractivity contribution in [2.75, 3.05) is 12.8 Å². The van der Waals surface area contributed by atoms with Crippen molar-refractivity contribution in [3.63, 3.8) is 0 Å². The van der Waals surface area contributed by atoms with Crippen LogP contribution >= 0.6 is 22.6 Å². The van der Waals surface area contributed by atoms with Gasteiger partial charge in [-0.05, 0) is 40.6 Å². The minimum Gasteiger partial charge on any atom is -0.383 e. The molecule has 0 spiro atoms. The Morgan fingerprint density at radius 2 is 2.16 bits per heavy atom. The first kappa shape index (κ1) is 14.1. The van der Waals surface area contributed by atoms with E-state index in [4.69, 9.17) is 10.5 Å². The Morgan fingerprint density at radius 3 is 2.84 bits per heavy atom. The van der Waals surface area contributed by atoms with E-state index in [1.807, 2.05) is 12.1 Å². The minimum atomic E-state index is 0.409. The summed E-state index contributed by atoms with van der Waals surface area (Å²) < 4.78 is 5.97. The second-order valence-electron chi connectivity index (χ2n) is 3.99. The molecule has 19 heavy (non-hydrogen) atoms. The molecule has 0 atom stereocenters. The predicted octanol–water partition coefficient (Wildman–Crippen LogP) is 2.43. The molecule has 6 heteroatoms. The third-order valence-electron chi connectivity index (χ3n) is 2.71. The molecule has 0 saturated heterocycles. The van der Waals surface area contributed by atoms with Gasteiger partial charge in [0.15, 0.2) is 5.82 Å². The first-order valence-corrected chi connectivity index (χ1v) is 7.00. The number of hydrogen-bond acceptors (Lipinski definition) is 5. The fourth-order valence-corrected chi connectivity index (χ4v) is 2.17. The Labute approximate surface area is 125 Å². The first-order chi connectivity index (χ1) is 9.17. The minimum absolute atomic E-state index is 0.409. The van der Waals surface area contributed by atoms with E-state index in [0.29, 0.717) is 18.2 Å². The summed E-state index contributed by atoms with van der Waals surface area (Å²) in [6.45, 7) is 2.49. The molecule has 0 aliphatic rings. The average molecular weight is 370 g/mol. The van der Waals surface area contributed by atoms with Crippen LogP contribution in [0.1, 0.15) is 18.2 Å². The molecule has 100 valence electrons. The summed E-state index contributed by atoms with van der Waals surface area (Å²) in [5.74, 6) is 1.02. The molecule has 5 nitrogen and oxygen atoms in total. The van der Waals surface area contributed by atoms with Gasteiger partial charge in [-0.3, -0.25) is 4.98 Å². The molecule has 0 unspecified atom stereocenters. The molecule has 0 aliphatic carbocycles. The number of nitrogens with two attached hydrogens (primary N) is 1. The van der Waals surface area contributed by atoms with Gasteiger partial charge in [0.1, 0.15) is 11.5 Å². The molecule has 2 aromatic rings. The number of nitrogen functional groups attached to an aromatic ring is 1. The van der Waals surface area contributed by atoms with Gasteiger partial charge in [-0.15, -0.1) is 0 Å². The first-order valence-electron chi connectivity index (χ1n) is 5.92. The van der Waals surface area contributed by atoms with Crippen molar-refractivity contribution in [3.8, 4) is 11.5 Å². The normalized spacial score (nSPS) is 10.7. The van der Waals surface area contributed by atoms with E-state index < -0.39 is 0 Å². The smallest absolute Gasteiger partial charge is 0.180 e. The van der Waals surface area contributed by atoms with E-state index in [0.717, 1.165) is 26.9 Å². The van der Waals surface area contributed by atoms with Crippen LogP contribution in [-0.4, -0.2) is 22.1 Å². The molecule has 0 fully saturated rings. The zero-order chi connectivity index (χ0) is 13.8. The van der Waals surface area contributed by atoms with Crippen LogP contribution in [0, 0.1) is 3.57 Å². The van der Waals surface area contributed by atoms with Crippen molar-refractivity contribution in [1.29, 1.82) is 0 Å². The summed E-state index contributed by atoms with van der Waals surface area (Å²) in [6.07, 6.45) is 2.61. The van der Waals surface area contributed by atoms with Gasteiger partial charge in [0.25, 0.3) is 0 Å². The number of rotatable bonds is 4. The third-order valence-corrected chi connectivity index (χ3v) is 3.89. The molecule has 2 N–H and O–H groups in total. The number of halogens is 1. The van der Waals surface area contributed by atoms with E-state index in [-0.39, 0.29) is 0 Å². The zero-order valence-electron chi connectivity index (χ0n) is 10.9. The fraction of sp³-hybridized carbons (Fsp3) is 0.308. The molecule has 0 aliphatic heterocycles. The molecule has 2 rings (SSSR count). The summed E-state index contributed by atoms with van der Waals surface area (Å²) in [5, 5.41) is 0. The molecule has 0 bridgehead atoms. The van der Waals surface area contributed by atoms with Crippen molar-refractivity contribution >= 4 is 28.4 Å². The largest absolute Gasteiger partial charge is 0.383 e. The Hall–Kier alpha value is -1.28. The Bertz CT molecular complexity index is 589. The van der Waals surface area contributed by atoms with Crippen molar-refractivity contribution < 1.29 is 4.74 Å². The fourth-order valence-electron chi connectivity index (χ4n) is 1.78. The molecule has 0 amide bonds. The summed E-state index contributed by atoms with van der Waals surface area (Å²) in [7, 11) is 1.63. The van der Waals surface area contributed by atoms with Gasteiger partial charge < -0.3 is 10.5 Å². The van der Waals surface area contributed by atoms with E-state index in [1.165, 1.54) is 0 Å². The van der Waals surface area contributed by atoms with Gasteiger partial charge in [0.2, 0.25) is 0 Å². The highest BCUT2D eigenvalue weighted by molar-refractivity contribution is 14.1. The number of aromatic nitrogens is 3. The maximum atomic E-state index is 5.94. The summed E-state index contributed by atoms with van der Waals surface area (Å²) in [4.78, 5) is 13.2. The van der Waals surface area contributed by atoms with Crippen molar-refractivity contribution in [1.82, 2.24) is 15.0 Å². The van der Waals surface area contributed by atoms with Crippen molar-refractivity contribution in [3.05, 3.63) is 33.2 Å². The van der Waals surface area contributed by atoms with E-state index in [9.17, 15) is 0 Å². The van der Waals surface area contributed by atoms with Gasteiger partial charge in [-0.2, -0.15) is 0 Å². The Kier molecular flexibility index (Phi) is 4.65. The van der Waals surface area contributed by atoms with Crippen molar-refractivity contribution in [2.45, 2.75) is 20.0 Å². The van der Waals surface area contributed by atoms with Gasteiger partial charge >= 0.3 is 0 Å². The number of anilines is 1. The van der Waals surface area contributed by atoms with Gasteiger partial charge in [-0.1, -0.05) is 13.0 Å². The maximum Gasteiger partial charge on any atom is 0.180 e. The standard InChI is InChI=1S/C13H15IN4O/c1-3-8-5-4-6-16-11(8)13-17-9(7-19-2)10(14)12(15)18-13/h4-6H,3,7H2,1-2H3,(H2,15,17,18). The number of ether oxygens (including phenoxy) is 1. The summed E-state index contributed by atoms with van der Waals surface area (Å²) in [5.41, 5.74) is 8.61. The maximum absolute atomic E-state index is 5.94. The van der Waals surface area contributed by atoms with Crippen LogP contribution in [0.3, 0.4) is 0 Å². The van der Waals surface area contributed by atoms with Crippen LogP contribution in [0.4, 0.5) is 5.82 Å². The van der Waals surface area contributed by atoms with Gasteiger partial charge in [-0.25, -0.2) is 9.97 Å². The molecule has 0 aromatic carbocycles. The van der Waals surface area contributed by atoms with Crippen LogP contribution in [0.5, 0.6) is 0 Å². The predicted molar refractivity (Wildman–Crippen MR) is 82.5 cm³/mol. The Morgan fingerprint density at radius 1 is 1.37 bits per heavy atom. The highest BCUT2D eigenvalue weighted by Crippen LogP contribution is 2.23. The average Bonchev–Trinajstić information content (AvgIpc) is 2.43. The SMILES string of the molecule is CCc1cccnc1-c1nc(N)c(I)c(COC)n1. The van der Waals surface area contributed by atoms with E-state index in [1.54, 1.807) is 13.3 Å². The topological polar surface area (TPSA) is 73.9 Å². The molecule has 0 radical (unpaired) electrons. The quantitative estimate of drug-likeness (QED) is 0.837. The molecule has 2 heterocycles. The lowest BCUT2D eigenvalue weighted by Gasteiger charge is -2.10. The summed E-state index contributed by atoms with van der Waals surface area (Å²) >= 11 is 2.13. The third kappa shape index (κ3) is 3.01. The molecular formula is C13H15IN4O. The molecule has 2 aromatic heterocycles. The zero-order valence-corrected chi connectivity index (χ0v) is 13.0. The van der Waals surface area contributed by atoms with Crippen LogP contribution < -0.4 is 5.73 Å². The number of nitrogens with zero attached hydrogens (tertiary/aromatic N) is 3. The Balaban J connectivity index is 2.56. The lowest BCUT2D eigenvalue weighted by atomic mass is 10.1. The number of methoxy groups -OCH3 is 1. The van der Waals surface area contributed by atoms with Crippen LogP contribution in [0.15, 0.2) is 18.3 Å². The van der Waals surface area contributed by atoms with Crippen molar-refractivity contribution in [2.24, 2.45) is 0 Å². The second kappa shape index (κ2) is 6.25. The second-order valence-corrected chi connectivity index (χ2v) is 5.07. The number of hydrogen-bond donors (Lipinski definition) is 1. The van der Waals surface area contributed by atoms with Crippen LogP contribution in [-0.2, 0) is 17.8 Å². The van der Waals surface area contributed by atoms with Gasteiger partial charge in [0.05, 0.1) is 15.9 Å². The lowest BCUT2D eigenvalue weighted by molar-refractivity contribution is 0.181. The highest BCUT2D eigenvalue weighted by Gasteiger charge is 2.14.